The zero-order valence-corrected chi connectivity index (χ0v) is 12.3. The van der Waals surface area contributed by atoms with E-state index < -0.39 is 0 Å². The molecule has 0 bridgehead atoms. The summed E-state index contributed by atoms with van der Waals surface area (Å²) in [5.41, 5.74) is 3.61. The summed E-state index contributed by atoms with van der Waals surface area (Å²) in [4.78, 5) is 11.9. The number of hydrogen-bond donors (Lipinski definition) is 1. The third-order valence-corrected chi connectivity index (χ3v) is 2.84. The maximum atomic E-state index is 12.7. The van der Waals surface area contributed by atoms with E-state index in [1.54, 1.807) is 36.4 Å². The van der Waals surface area contributed by atoms with Gasteiger partial charge >= 0.3 is 0 Å². The van der Waals surface area contributed by atoms with Crippen molar-refractivity contribution in [3.63, 3.8) is 0 Å². The molecule has 2 rings (SSSR count). The first-order valence-electron chi connectivity index (χ1n) is 7.01. The van der Waals surface area contributed by atoms with E-state index in [4.69, 9.17) is 4.74 Å². The van der Waals surface area contributed by atoms with Crippen LogP contribution in [0.25, 0.3) is 0 Å². The van der Waals surface area contributed by atoms with E-state index in [1.807, 2.05) is 6.92 Å². The Labute approximate surface area is 128 Å². The second-order valence-electron chi connectivity index (χ2n) is 4.62. The molecule has 0 saturated heterocycles. The highest BCUT2D eigenvalue weighted by Gasteiger charge is 2.04. The van der Waals surface area contributed by atoms with Gasteiger partial charge in [-0.15, -0.1) is 0 Å². The van der Waals surface area contributed by atoms with Gasteiger partial charge in [0.15, 0.2) is 0 Å². The fourth-order valence-corrected chi connectivity index (χ4v) is 1.70. The Morgan fingerprint density at radius 3 is 2.50 bits per heavy atom. The summed E-state index contributed by atoms with van der Waals surface area (Å²) in [5.74, 6) is 0.0974. The third-order valence-electron chi connectivity index (χ3n) is 2.84. The van der Waals surface area contributed by atoms with E-state index in [2.05, 4.69) is 10.5 Å². The molecule has 2 aromatic rings. The molecule has 1 amide bonds. The Hall–Kier alpha value is -2.69. The van der Waals surface area contributed by atoms with E-state index in [9.17, 15) is 9.18 Å². The minimum atomic E-state index is -0.319. The van der Waals surface area contributed by atoms with Crippen molar-refractivity contribution in [3.8, 4) is 5.75 Å². The number of nitrogens with one attached hydrogen (secondary N) is 1. The molecule has 2 aromatic carbocycles. The molecule has 0 aliphatic carbocycles. The van der Waals surface area contributed by atoms with Crippen LogP contribution in [0.3, 0.4) is 0 Å². The van der Waals surface area contributed by atoms with Crippen LogP contribution in [0, 0.1) is 5.82 Å². The molecule has 1 N–H and O–H groups in total. The van der Waals surface area contributed by atoms with Gasteiger partial charge in [-0.3, -0.25) is 4.79 Å². The molecule has 0 spiro atoms. The number of halogens is 1. The van der Waals surface area contributed by atoms with Gasteiger partial charge in [0.1, 0.15) is 11.6 Å². The van der Waals surface area contributed by atoms with Gasteiger partial charge in [-0.05, 0) is 48.4 Å². The van der Waals surface area contributed by atoms with Crippen LogP contribution in [0.5, 0.6) is 5.75 Å². The zero-order valence-electron chi connectivity index (χ0n) is 12.3. The van der Waals surface area contributed by atoms with Gasteiger partial charge in [-0.2, -0.15) is 5.10 Å². The van der Waals surface area contributed by atoms with Crippen LogP contribution in [0.15, 0.2) is 53.6 Å². The van der Waals surface area contributed by atoms with E-state index >= 15 is 0 Å². The fourth-order valence-electron chi connectivity index (χ4n) is 1.70. The summed E-state index contributed by atoms with van der Waals surface area (Å²) in [5, 5.41) is 3.84. The number of carbonyl (C=O) groups is 1. The summed E-state index contributed by atoms with van der Waals surface area (Å²) in [6, 6.07) is 12.6. The second kappa shape index (κ2) is 7.93. The minimum Gasteiger partial charge on any atom is -0.494 e. The van der Waals surface area contributed by atoms with Crippen molar-refractivity contribution in [2.24, 2.45) is 5.10 Å². The Morgan fingerprint density at radius 1 is 1.18 bits per heavy atom. The molecule has 0 fully saturated rings. The maximum Gasteiger partial charge on any atom is 0.271 e. The van der Waals surface area contributed by atoms with Crippen molar-refractivity contribution < 1.29 is 13.9 Å². The molecule has 0 atom stereocenters. The molecule has 0 unspecified atom stereocenters. The molecule has 0 heterocycles. The molecule has 0 saturated carbocycles. The quantitative estimate of drug-likeness (QED) is 0.657. The van der Waals surface area contributed by atoms with Crippen LogP contribution in [-0.2, 0) is 0 Å². The normalized spacial score (nSPS) is 10.6. The standard InChI is InChI=1S/C17H17FN2O2/c1-2-11-22-16-9-5-14(6-10-16)17(21)20-19-12-13-3-7-15(18)8-4-13/h3-10,12H,2,11H2,1H3,(H,20,21)/b19-12-. The largest absolute Gasteiger partial charge is 0.494 e. The van der Waals surface area contributed by atoms with Crippen LogP contribution in [0.2, 0.25) is 0 Å². The van der Waals surface area contributed by atoms with Crippen molar-refractivity contribution in [3.05, 3.63) is 65.5 Å². The van der Waals surface area contributed by atoms with Gasteiger partial charge in [0, 0.05) is 5.56 Å². The van der Waals surface area contributed by atoms with Crippen molar-refractivity contribution in [1.29, 1.82) is 0 Å². The first kappa shape index (κ1) is 15.7. The molecular formula is C17H17FN2O2. The summed E-state index contributed by atoms with van der Waals surface area (Å²) in [6.07, 6.45) is 2.39. The molecule has 0 aliphatic heterocycles. The maximum absolute atomic E-state index is 12.7. The summed E-state index contributed by atoms with van der Waals surface area (Å²) >= 11 is 0. The topological polar surface area (TPSA) is 50.7 Å². The first-order chi connectivity index (χ1) is 10.7. The fraction of sp³-hybridized carbons (Fsp3) is 0.176. The number of hydrogen-bond acceptors (Lipinski definition) is 3. The summed E-state index contributed by atoms with van der Waals surface area (Å²) in [7, 11) is 0. The molecule has 0 aliphatic rings. The lowest BCUT2D eigenvalue weighted by Crippen LogP contribution is -2.17. The van der Waals surface area contributed by atoms with E-state index in [-0.39, 0.29) is 11.7 Å². The highest BCUT2D eigenvalue weighted by atomic mass is 19.1. The predicted molar refractivity (Wildman–Crippen MR) is 83.7 cm³/mol. The average Bonchev–Trinajstić information content (AvgIpc) is 2.55. The Kier molecular flexibility index (Phi) is 5.65. The number of benzene rings is 2. The van der Waals surface area contributed by atoms with Gasteiger partial charge in [0.2, 0.25) is 0 Å². The van der Waals surface area contributed by atoms with E-state index in [0.717, 1.165) is 12.2 Å². The van der Waals surface area contributed by atoms with Crippen LogP contribution >= 0.6 is 0 Å². The van der Waals surface area contributed by atoms with Gasteiger partial charge in [0.05, 0.1) is 12.8 Å². The Balaban J connectivity index is 1.90. The van der Waals surface area contributed by atoms with Crippen molar-refractivity contribution in [2.75, 3.05) is 6.61 Å². The van der Waals surface area contributed by atoms with Crippen molar-refractivity contribution in [2.45, 2.75) is 13.3 Å². The highest BCUT2D eigenvalue weighted by Crippen LogP contribution is 2.12. The second-order valence-corrected chi connectivity index (χ2v) is 4.62. The van der Waals surface area contributed by atoms with Gasteiger partial charge < -0.3 is 4.74 Å². The van der Waals surface area contributed by atoms with E-state index in [0.29, 0.717) is 17.7 Å². The SMILES string of the molecule is CCCOc1ccc(C(=O)N/N=C\c2ccc(F)cc2)cc1. The number of ether oxygens (including phenoxy) is 1. The number of carbonyl (C=O) groups excluding carboxylic acids is 1. The highest BCUT2D eigenvalue weighted by molar-refractivity contribution is 5.94. The number of rotatable bonds is 6. The molecule has 0 radical (unpaired) electrons. The third kappa shape index (κ3) is 4.70. The lowest BCUT2D eigenvalue weighted by molar-refractivity contribution is 0.0955. The summed E-state index contributed by atoms with van der Waals surface area (Å²) in [6.45, 7) is 2.68. The smallest absolute Gasteiger partial charge is 0.271 e. The Morgan fingerprint density at radius 2 is 1.86 bits per heavy atom. The lowest BCUT2D eigenvalue weighted by Gasteiger charge is -2.05. The average molecular weight is 300 g/mol. The number of nitrogens with zero attached hydrogens (tertiary/aromatic N) is 1. The first-order valence-corrected chi connectivity index (χ1v) is 7.01. The molecule has 4 nitrogen and oxygen atoms in total. The van der Waals surface area contributed by atoms with Gasteiger partial charge in [0.25, 0.3) is 5.91 Å². The van der Waals surface area contributed by atoms with Crippen LogP contribution in [0.1, 0.15) is 29.3 Å². The molecule has 22 heavy (non-hydrogen) atoms. The Bertz CT molecular complexity index is 637. The summed E-state index contributed by atoms with van der Waals surface area (Å²) < 4.78 is 18.2. The van der Waals surface area contributed by atoms with Crippen LogP contribution < -0.4 is 10.2 Å². The zero-order chi connectivity index (χ0) is 15.8. The molecule has 114 valence electrons. The molecule has 5 heteroatoms. The number of amides is 1. The molecule has 0 aromatic heterocycles. The van der Waals surface area contributed by atoms with Crippen molar-refractivity contribution >= 4 is 12.1 Å². The molecular weight excluding hydrogens is 283 g/mol. The lowest BCUT2D eigenvalue weighted by atomic mass is 10.2. The number of hydrazone groups is 1. The minimum absolute atomic E-state index is 0.313. The predicted octanol–water partition coefficient (Wildman–Crippen LogP) is 3.38. The van der Waals surface area contributed by atoms with Crippen LogP contribution in [-0.4, -0.2) is 18.7 Å². The van der Waals surface area contributed by atoms with Crippen molar-refractivity contribution in [1.82, 2.24) is 5.43 Å². The van der Waals surface area contributed by atoms with Gasteiger partial charge in [-0.1, -0.05) is 19.1 Å². The van der Waals surface area contributed by atoms with Gasteiger partial charge in [-0.25, -0.2) is 9.82 Å². The monoisotopic (exact) mass is 300 g/mol. The van der Waals surface area contributed by atoms with Crippen LogP contribution in [0.4, 0.5) is 4.39 Å². The van der Waals surface area contributed by atoms with E-state index in [1.165, 1.54) is 18.3 Å².